The minimum atomic E-state index is -3.43. The van der Waals surface area contributed by atoms with Crippen LogP contribution in [-0.4, -0.2) is 38.9 Å². The Morgan fingerprint density at radius 3 is 2.09 bits per heavy atom. The normalized spacial score (nSPS) is 17.3. The number of sulfonamides is 1. The monoisotopic (exact) mass is 335 g/mol. The molecule has 0 aliphatic carbocycles. The number of nitrogens with zero attached hydrogens (tertiary/aromatic N) is 1. The van der Waals surface area contributed by atoms with Crippen LogP contribution in [0.2, 0.25) is 0 Å². The minimum Gasteiger partial charge on any atom is -0.300 e. The van der Waals surface area contributed by atoms with E-state index < -0.39 is 10.0 Å². The molecule has 1 aliphatic rings. The maximum Gasteiger partial charge on any atom is 0.243 e. The highest BCUT2D eigenvalue weighted by atomic mass is 32.2. The van der Waals surface area contributed by atoms with Crippen molar-refractivity contribution in [1.82, 2.24) is 4.31 Å². The first-order valence-corrected chi connectivity index (χ1v) is 9.08. The number of benzene rings is 2. The summed E-state index contributed by atoms with van der Waals surface area (Å²) in [5, 5.41) is 0. The summed E-state index contributed by atoms with van der Waals surface area (Å²) in [7, 11) is -3.43. The molecule has 1 saturated heterocycles. The summed E-state index contributed by atoms with van der Waals surface area (Å²) in [6.07, 6.45) is 0. The Balaban J connectivity index is 1.70. The number of hydrogen-bond acceptors (Lipinski definition) is 2. The molecule has 4 nitrogen and oxygen atoms in total. The predicted octanol–water partition coefficient (Wildman–Crippen LogP) is 1.36. The molecule has 1 aliphatic heterocycles. The third-order valence-corrected chi connectivity index (χ3v) is 6.15. The van der Waals surface area contributed by atoms with Crippen molar-refractivity contribution in [2.24, 2.45) is 0 Å². The molecule has 122 valence electrons. The maximum atomic E-state index is 13.0. The zero-order valence-corrected chi connectivity index (χ0v) is 13.8. The molecule has 0 unspecified atom stereocenters. The van der Waals surface area contributed by atoms with Gasteiger partial charge in [-0.1, -0.05) is 17.7 Å². The Morgan fingerprint density at radius 1 is 0.957 bits per heavy atom. The van der Waals surface area contributed by atoms with Gasteiger partial charge in [0, 0.05) is 12.1 Å². The Labute approximate surface area is 136 Å². The summed E-state index contributed by atoms with van der Waals surface area (Å²) < 4.78 is 39.8. The summed E-state index contributed by atoms with van der Waals surface area (Å²) in [5.41, 5.74) is 2.04. The zero-order valence-electron chi connectivity index (χ0n) is 13.0. The number of aryl methyl sites for hydroxylation is 1. The molecule has 2 aromatic carbocycles. The number of quaternary nitrogens is 1. The largest absolute Gasteiger partial charge is 0.300 e. The van der Waals surface area contributed by atoms with E-state index in [1.165, 1.54) is 21.3 Å². The summed E-state index contributed by atoms with van der Waals surface area (Å²) in [6.45, 7) is 4.21. The summed E-state index contributed by atoms with van der Waals surface area (Å²) in [5.74, 6) is -0.256. The lowest BCUT2D eigenvalue weighted by atomic mass is 10.2. The Hall–Kier alpha value is -1.76. The van der Waals surface area contributed by atoms with Crippen molar-refractivity contribution in [3.8, 4) is 0 Å². The zero-order chi connectivity index (χ0) is 16.4. The molecule has 0 radical (unpaired) electrons. The number of rotatable bonds is 3. The average Bonchev–Trinajstić information content (AvgIpc) is 2.56. The second-order valence-electron chi connectivity index (χ2n) is 5.83. The Bertz CT molecular complexity index is 765. The molecule has 0 aromatic heterocycles. The van der Waals surface area contributed by atoms with Crippen molar-refractivity contribution in [2.75, 3.05) is 26.2 Å². The topological polar surface area (TPSA) is 41.8 Å². The van der Waals surface area contributed by atoms with Crippen LogP contribution >= 0.6 is 0 Å². The quantitative estimate of drug-likeness (QED) is 0.920. The third-order valence-electron chi connectivity index (χ3n) is 4.24. The van der Waals surface area contributed by atoms with E-state index in [0.29, 0.717) is 31.1 Å². The molecule has 0 amide bonds. The highest BCUT2D eigenvalue weighted by Gasteiger charge is 2.30. The predicted molar refractivity (Wildman–Crippen MR) is 86.7 cm³/mol. The number of hydrogen-bond donors (Lipinski definition) is 1. The Kier molecular flexibility index (Phi) is 4.48. The highest BCUT2D eigenvalue weighted by molar-refractivity contribution is 7.89. The van der Waals surface area contributed by atoms with E-state index in [1.807, 2.05) is 19.1 Å². The number of halogens is 1. The van der Waals surface area contributed by atoms with Gasteiger partial charge in [-0.3, -0.25) is 0 Å². The van der Waals surface area contributed by atoms with Crippen molar-refractivity contribution in [1.29, 1.82) is 0 Å². The summed E-state index contributed by atoms with van der Waals surface area (Å²) in [4.78, 5) is 1.52. The second-order valence-corrected chi connectivity index (χ2v) is 7.77. The highest BCUT2D eigenvalue weighted by Crippen LogP contribution is 2.16. The average molecular weight is 335 g/mol. The van der Waals surface area contributed by atoms with E-state index in [9.17, 15) is 12.8 Å². The first-order valence-electron chi connectivity index (χ1n) is 7.64. The summed E-state index contributed by atoms with van der Waals surface area (Å²) in [6, 6.07) is 13.3. The molecular formula is C17H20FN2O2S+. The minimum absolute atomic E-state index is 0.256. The lowest BCUT2D eigenvalue weighted by Crippen LogP contribution is -3.10. The van der Waals surface area contributed by atoms with E-state index in [4.69, 9.17) is 0 Å². The fourth-order valence-corrected chi connectivity index (χ4v) is 4.27. The van der Waals surface area contributed by atoms with Crippen molar-refractivity contribution in [3.63, 3.8) is 0 Å². The van der Waals surface area contributed by atoms with Gasteiger partial charge in [0.25, 0.3) is 0 Å². The molecule has 1 N–H and O–H groups in total. The second kappa shape index (κ2) is 6.39. The van der Waals surface area contributed by atoms with E-state index in [1.54, 1.807) is 24.3 Å². The van der Waals surface area contributed by atoms with Crippen molar-refractivity contribution in [2.45, 2.75) is 11.8 Å². The first kappa shape index (κ1) is 16.1. The van der Waals surface area contributed by atoms with Crippen LogP contribution in [0.4, 0.5) is 10.1 Å². The van der Waals surface area contributed by atoms with Gasteiger partial charge in [-0.25, -0.2) is 12.8 Å². The number of piperazine rings is 1. The molecule has 1 heterocycles. The van der Waals surface area contributed by atoms with E-state index in [0.717, 1.165) is 11.3 Å². The molecule has 2 aromatic rings. The van der Waals surface area contributed by atoms with Crippen LogP contribution in [0.5, 0.6) is 0 Å². The van der Waals surface area contributed by atoms with Crippen LogP contribution < -0.4 is 4.90 Å². The third kappa shape index (κ3) is 3.44. The lowest BCUT2D eigenvalue weighted by Gasteiger charge is -2.31. The van der Waals surface area contributed by atoms with Crippen molar-refractivity contribution in [3.05, 3.63) is 59.9 Å². The molecule has 23 heavy (non-hydrogen) atoms. The van der Waals surface area contributed by atoms with Gasteiger partial charge in [0.05, 0.1) is 31.1 Å². The fraction of sp³-hybridized carbons (Fsp3) is 0.294. The molecular weight excluding hydrogens is 315 g/mol. The van der Waals surface area contributed by atoms with Crippen LogP contribution in [0.1, 0.15) is 5.56 Å². The van der Waals surface area contributed by atoms with Gasteiger partial charge >= 0.3 is 0 Å². The molecule has 0 atom stereocenters. The molecule has 6 heteroatoms. The van der Waals surface area contributed by atoms with Crippen molar-refractivity contribution >= 4 is 15.7 Å². The van der Waals surface area contributed by atoms with Gasteiger partial charge in [0.1, 0.15) is 11.5 Å². The smallest absolute Gasteiger partial charge is 0.243 e. The Morgan fingerprint density at radius 2 is 1.52 bits per heavy atom. The van der Waals surface area contributed by atoms with Crippen LogP contribution in [0.25, 0.3) is 0 Å². The molecule has 1 fully saturated rings. The van der Waals surface area contributed by atoms with Crippen LogP contribution in [0.15, 0.2) is 53.4 Å². The van der Waals surface area contributed by atoms with Gasteiger partial charge in [0.15, 0.2) is 0 Å². The van der Waals surface area contributed by atoms with Gasteiger partial charge < -0.3 is 4.90 Å². The van der Waals surface area contributed by atoms with E-state index >= 15 is 0 Å². The van der Waals surface area contributed by atoms with Gasteiger partial charge in [-0.05, 0) is 31.2 Å². The van der Waals surface area contributed by atoms with Crippen LogP contribution in [0.3, 0.4) is 0 Å². The number of nitrogens with one attached hydrogen (secondary N) is 1. The molecule has 0 bridgehead atoms. The van der Waals surface area contributed by atoms with Gasteiger partial charge in [0.2, 0.25) is 10.0 Å². The SMILES string of the molecule is Cc1ccc(S(=O)(=O)N2CC[NH+](c3ccc(F)cc3)CC2)cc1. The van der Waals surface area contributed by atoms with E-state index in [2.05, 4.69) is 0 Å². The first-order chi connectivity index (χ1) is 11.0. The maximum absolute atomic E-state index is 13.0. The van der Waals surface area contributed by atoms with Gasteiger partial charge in [-0.2, -0.15) is 4.31 Å². The van der Waals surface area contributed by atoms with Crippen LogP contribution in [-0.2, 0) is 10.0 Å². The fourth-order valence-electron chi connectivity index (χ4n) is 2.83. The van der Waals surface area contributed by atoms with Gasteiger partial charge in [-0.15, -0.1) is 0 Å². The molecule has 3 rings (SSSR count). The molecule has 0 spiro atoms. The van der Waals surface area contributed by atoms with Crippen molar-refractivity contribution < 1.29 is 17.7 Å². The summed E-state index contributed by atoms with van der Waals surface area (Å²) >= 11 is 0. The lowest BCUT2D eigenvalue weighted by molar-refractivity contribution is -0.837. The van der Waals surface area contributed by atoms with Crippen LogP contribution in [0, 0.1) is 12.7 Å². The standard InChI is InChI=1S/C17H19FN2O2S/c1-14-2-8-17(9-3-14)23(21,22)20-12-10-19(11-13-20)16-6-4-15(18)5-7-16/h2-9H,10-13H2,1H3/p+1. The van der Waals surface area contributed by atoms with E-state index in [-0.39, 0.29) is 5.82 Å². The molecule has 0 saturated carbocycles.